The Morgan fingerprint density at radius 1 is 1.43 bits per heavy atom. The van der Waals surface area contributed by atoms with E-state index in [1.807, 2.05) is 0 Å². The van der Waals surface area contributed by atoms with E-state index in [1.54, 1.807) is 20.9 Å². The van der Waals surface area contributed by atoms with Gasteiger partial charge in [0.05, 0.1) is 5.84 Å². The standard InChI is InChI=1S/C8H15N5O/c1-4-12-6(7(10)14)8(11-3)13-5(2)9/h4,11H,1-3H3,(H2,9,13)(H2,10,14)/b8-6+,12-4?. The molecule has 0 aromatic heterocycles. The van der Waals surface area contributed by atoms with Crippen molar-refractivity contribution in [3.8, 4) is 0 Å². The molecule has 0 fully saturated rings. The summed E-state index contributed by atoms with van der Waals surface area (Å²) in [5.41, 5.74) is 10.5. The van der Waals surface area contributed by atoms with Crippen molar-refractivity contribution in [2.75, 3.05) is 7.05 Å². The van der Waals surface area contributed by atoms with Gasteiger partial charge in [-0.05, 0) is 13.8 Å². The maximum Gasteiger partial charge on any atom is 0.271 e. The number of carbonyl (C=O) groups is 1. The van der Waals surface area contributed by atoms with Crippen LogP contribution in [-0.4, -0.2) is 25.0 Å². The molecule has 0 aliphatic heterocycles. The fraction of sp³-hybridized carbons (Fsp3) is 0.375. The molecule has 0 bridgehead atoms. The summed E-state index contributed by atoms with van der Waals surface area (Å²) in [7, 11) is 1.61. The Hall–Kier alpha value is -1.85. The molecule has 0 aliphatic carbocycles. The highest BCUT2D eigenvalue weighted by Gasteiger charge is 2.09. The van der Waals surface area contributed by atoms with Crippen LogP contribution in [0.15, 0.2) is 21.5 Å². The minimum Gasteiger partial charge on any atom is -0.387 e. The van der Waals surface area contributed by atoms with Gasteiger partial charge in [0.25, 0.3) is 5.91 Å². The molecule has 0 spiro atoms. The molecule has 14 heavy (non-hydrogen) atoms. The number of nitrogens with zero attached hydrogens (tertiary/aromatic N) is 2. The Kier molecular flexibility index (Phi) is 4.98. The Bertz CT molecular complexity index is 299. The van der Waals surface area contributed by atoms with E-state index in [0.29, 0.717) is 5.84 Å². The van der Waals surface area contributed by atoms with Crippen molar-refractivity contribution in [1.82, 2.24) is 5.32 Å². The normalized spacial score (nSPS) is 14.1. The van der Waals surface area contributed by atoms with E-state index in [9.17, 15) is 4.79 Å². The van der Waals surface area contributed by atoms with Gasteiger partial charge in [0, 0.05) is 13.3 Å². The Morgan fingerprint density at radius 2 is 2.00 bits per heavy atom. The summed E-state index contributed by atoms with van der Waals surface area (Å²) in [6, 6.07) is 0. The van der Waals surface area contributed by atoms with E-state index >= 15 is 0 Å². The van der Waals surface area contributed by atoms with Crippen LogP contribution in [0.3, 0.4) is 0 Å². The molecule has 0 atom stereocenters. The average molecular weight is 197 g/mol. The first-order valence-electron chi connectivity index (χ1n) is 4.04. The summed E-state index contributed by atoms with van der Waals surface area (Å²) in [5, 5.41) is 2.70. The third-order valence-corrected chi connectivity index (χ3v) is 1.24. The fourth-order valence-electron chi connectivity index (χ4n) is 0.774. The lowest BCUT2D eigenvalue weighted by Crippen LogP contribution is -2.20. The van der Waals surface area contributed by atoms with E-state index in [4.69, 9.17) is 11.5 Å². The maximum atomic E-state index is 11.0. The predicted molar refractivity (Wildman–Crippen MR) is 56.7 cm³/mol. The molecule has 0 saturated heterocycles. The fourth-order valence-corrected chi connectivity index (χ4v) is 0.774. The van der Waals surface area contributed by atoms with Gasteiger partial charge in [0.1, 0.15) is 0 Å². The van der Waals surface area contributed by atoms with E-state index < -0.39 is 5.91 Å². The highest BCUT2D eigenvalue weighted by molar-refractivity contribution is 5.94. The first-order chi connectivity index (χ1) is 6.52. The summed E-state index contributed by atoms with van der Waals surface area (Å²) in [6.45, 7) is 3.28. The molecular weight excluding hydrogens is 182 g/mol. The second-order valence-corrected chi connectivity index (χ2v) is 2.45. The van der Waals surface area contributed by atoms with Gasteiger partial charge in [-0.1, -0.05) is 0 Å². The molecule has 0 radical (unpaired) electrons. The number of aliphatic imine (C=N–C) groups is 2. The van der Waals surface area contributed by atoms with E-state index in [0.717, 1.165) is 0 Å². The van der Waals surface area contributed by atoms with Crippen LogP contribution in [0.2, 0.25) is 0 Å². The number of carbonyl (C=O) groups excluding carboxylic acids is 1. The molecule has 6 nitrogen and oxygen atoms in total. The summed E-state index contributed by atoms with van der Waals surface area (Å²) in [6.07, 6.45) is 1.46. The van der Waals surface area contributed by atoms with Crippen molar-refractivity contribution < 1.29 is 4.79 Å². The van der Waals surface area contributed by atoms with E-state index in [1.165, 1.54) is 6.21 Å². The number of hydrogen-bond acceptors (Lipinski definition) is 4. The van der Waals surface area contributed by atoms with Crippen LogP contribution >= 0.6 is 0 Å². The summed E-state index contributed by atoms with van der Waals surface area (Å²) in [5.74, 6) is -0.0764. The van der Waals surface area contributed by atoms with Gasteiger partial charge < -0.3 is 16.8 Å². The topological polar surface area (TPSA) is 106 Å². The first kappa shape index (κ1) is 12.2. The zero-order valence-electron chi connectivity index (χ0n) is 8.53. The summed E-state index contributed by atoms with van der Waals surface area (Å²) < 4.78 is 0. The summed E-state index contributed by atoms with van der Waals surface area (Å²) in [4.78, 5) is 18.7. The zero-order valence-corrected chi connectivity index (χ0v) is 8.53. The lowest BCUT2D eigenvalue weighted by molar-refractivity contribution is -0.114. The monoisotopic (exact) mass is 197 g/mol. The predicted octanol–water partition coefficient (Wildman–Crippen LogP) is -0.672. The number of nitrogens with two attached hydrogens (primary N) is 2. The summed E-state index contributed by atoms with van der Waals surface area (Å²) >= 11 is 0. The first-order valence-corrected chi connectivity index (χ1v) is 4.04. The minimum absolute atomic E-state index is 0.0554. The minimum atomic E-state index is -0.655. The largest absolute Gasteiger partial charge is 0.387 e. The van der Waals surface area contributed by atoms with Crippen LogP contribution in [0, 0.1) is 0 Å². The van der Waals surface area contributed by atoms with Crippen molar-refractivity contribution in [1.29, 1.82) is 0 Å². The molecule has 1 amide bonds. The highest BCUT2D eigenvalue weighted by atomic mass is 16.1. The number of primary amides is 1. The number of amides is 1. The van der Waals surface area contributed by atoms with Crippen LogP contribution < -0.4 is 16.8 Å². The number of amidine groups is 1. The van der Waals surface area contributed by atoms with Crippen molar-refractivity contribution >= 4 is 18.0 Å². The van der Waals surface area contributed by atoms with Gasteiger partial charge in [-0.15, -0.1) is 0 Å². The third-order valence-electron chi connectivity index (χ3n) is 1.24. The van der Waals surface area contributed by atoms with Crippen molar-refractivity contribution in [2.24, 2.45) is 21.5 Å². The van der Waals surface area contributed by atoms with Crippen molar-refractivity contribution in [2.45, 2.75) is 13.8 Å². The smallest absolute Gasteiger partial charge is 0.271 e. The van der Waals surface area contributed by atoms with Crippen LogP contribution in [0.4, 0.5) is 0 Å². The molecule has 5 N–H and O–H groups in total. The molecule has 0 aromatic rings. The number of rotatable bonds is 4. The van der Waals surface area contributed by atoms with Gasteiger partial charge in [-0.2, -0.15) is 0 Å². The average Bonchev–Trinajstić information content (AvgIpc) is 2.10. The lowest BCUT2D eigenvalue weighted by atomic mass is 10.4. The van der Waals surface area contributed by atoms with E-state index in [-0.39, 0.29) is 11.5 Å². The number of hydrogen-bond donors (Lipinski definition) is 3. The Labute approximate surface area is 82.8 Å². The molecule has 78 valence electrons. The Morgan fingerprint density at radius 3 is 2.29 bits per heavy atom. The van der Waals surface area contributed by atoms with Crippen LogP contribution in [0.5, 0.6) is 0 Å². The van der Waals surface area contributed by atoms with Crippen LogP contribution in [-0.2, 0) is 4.79 Å². The molecule has 0 aliphatic rings. The molecule has 0 heterocycles. The third kappa shape index (κ3) is 3.70. The molecule has 6 heteroatoms. The van der Waals surface area contributed by atoms with Gasteiger partial charge in [-0.3, -0.25) is 9.79 Å². The van der Waals surface area contributed by atoms with E-state index in [2.05, 4.69) is 15.3 Å². The molecule has 0 aromatic carbocycles. The molecule has 0 rings (SSSR count). The molecular formula is C8H15N5O. The number of nitrogens with one attached hydrogen (secondary N) is 1. The van der Waals surface area contributed by atoms with Crippen LogP contribution in [0.25, 0.3) is 0 Å². The SMILES string of the molecule is CC=N/C(C(N)=O)=C(/N=C(C)N)NC. The highest BCUT2D eigenvalue weighted by Crippen LogP contribution is 2.03. The van der Waals surface area contributed by atoms with Crippen LogP contribution in [0.1, 0.15) is 13.8 Å². The second kappa shape index (κ2) is 5.74. The zero-order chi connectivity index (χ0) is 11.1. The van der Waals surface area contributed by atoms with Gasteiger partial charge >= 0.3 is 0 Å². The molecule has 0 saturated carbocycles. The van der Waals surface area contributed by atoms with Crippen molar-refractivity contribution in [3.05, 3.63) is 11.5 Å². The van der Waals surface area contributed by atoms with Gasteiger partial charge in [0.2, 0.25) is 0 Å². The second-order valence-electron chi connectivity index (χ2n) is 2.45. The lowest BCUT2D eigenvalue weighted by Gasteiger charge is -2.04. The Balaban J connectivity index is 5.30. The van der Waals surface area contributed by atoms with Gasteiger partial charge in [0.15, 0.2) is 11.5 Å². The molecule has 0 unspecified atom stereocenters. The van der Waals surface area contributed by atoms with Crippen molar-refractivity contribution in [3.63, 3.8) is 0 Å². The van der Waals surface area contributed by atoms with Gasteiger partial charge in [-0.25, -0.2) is 4.99 Å². The maximum absolute atomic E-state index is 11.0. The quantitative estimate of drug-likeness (QED) is 0.316.